The molecule has 0 N–H and O–H groups in total. The first kappa shape index (κ1) is 9.19. The van der Waals surface area contributed by atoms with Crippen molar-refractivity contribution in [3.63, 3.8) is 0 Å². The van der Waals surface area contributed by atoms with Gasteiger partial charge in [-0.2, -0.15) is 0 Å². The Morgan fingerprint density at radius 3 is 3.14 bits per heavy atom. The predicted molar refractivity (Wildman–Crippen MR) is 51.7 cm³/mol. The number of hydrogen-bond acceptors (Lipinski definition) is 3. The van der Waals surface area contributed by atoms with Crippen LogP contribution in [0.2, 0.25) is 0 Å². The number of rotatable bonds is 3. The van der Waals surface area contributed by atoms with Crippen LogP contribution in [-0.2, 0) is 9.53 Å². The molecule has 1 aromatic heterocycles. The number of carbonyl (C=O) groups excluding carboxylic acids is 1. The van der Waals surface area contributed by atoms with Gasteiger partial charge in [-0.1, -0.05) is 6.07 Å². The lowest BCUT2D eigenvalue weighted by Crippen LogP contribution is -2.07. The molecule has 2 rings (SSSR count). The second kappa shape index (κ2) is 3.78. The van der Waals surface area contributed by atoms with Gasteiger partial charge in [0.05, 0.1) is 12.5 Å². The maximum Gasteiger partial charge on any atom is 0.309 e. The van der Waals surface area contributed by atoms with Crippen molar-refractivity contribution in [2.75, 3.05) is 6.61 Å². The van der Waals surface area contributed by atoms with Crippen molar-refractivity contribution in [2.45, 2.75) is 19.3 Å². The molecule has 1 heterocycles. The maximum atomic E-state index is 11.3. The second-order valence-electron chi connectivity index (χ2n) is 3.46. The van der Waals surface area contributed by atoms with Crippen LogP contribution < -0.4 is 0 Å². The summed E-state index contributed by atoms with van der Waals surface area (Å²) in [5, 5.41) is 0. The standard InChI is InChI=1S/C11H13NO2/c1-2-14-11(13)9-7-8(9)10-5-3-4-6-12-10/h3-6,8-9H,2,7H2,1H3. The van der Waals surface area contributed by atoms with Gasteiger partial charge in [-0.3, -0.25) is 9.78 Å². The Balaban J connectivity index is 1.96. The quantitative estimate of drug-likeness (QED) is 0.683. The van der Waals surface area contributed by atoms with Crippen molar-refractivity contribution in [3.05, 3.63) is 30.1 Å². The molecule has 1 aliphatic rings. The van der Waals surface area contributed by atoms with Gasteiger partial charge in [0.1, 0.15) is 0 Å². The molecule has 3 nitrogen and oxygen atoms in total. The van der Waals surface area contributed by atoms with Crippen molar-refractivity contribution >= 4 is 5.97 Å². The van der Waals surface area contributed by atoms with E-state index >= 15 is 0 Å². The number of esters is 1. The molecule has 0 amide bonds. The summed E-state index contributed by atoms with van der Waals surface area (Å²) in [6, 6.07) is 5.79. The summed E-state index contributed by atoms with van der Waals surface area (Å²) >= 11 is 0. The zero-order valence-electron chi connectivity index (χ0n) is 8.14. The van der Waals surface area contributed by atoms with E-state index in [0.29, 0.717) is 6.61 Å². The summed E-state index contributed by atoms with van der Waals surface area (Å²) in [5.41, 5.74) is 1.01. The number of aromatic nitrogens is 1. The highest BCUT2D eigenvalue weighted by Gasteiger charge is 2.45. The molecular formula is C11H13NO2. The first-order valence-electron chi connectivity index (χ1n) is 4.90. The van der Waals surface area contributed by atoms with Crippen LogP contribution in [0.5, 0.6) is 0 Å². The van der Waals surface area contributed by atoms with E-state index in [0.717, 1.165) is 12.1 Å². The number of nitrogens with zero attached hydrogens (tertiary/aromatic N) is 1. The summed E-state index contributed by atoms with van der Waals surface area (Å²) in [7, 11) is 0. The molecule has 0 aromatic carbocycles. The minimum absolute atomic E-state index is 0.0462. The van der Waals surface area contributed by atoms with Crippen LogP contribution in [0.3, 0.4) is 0 Å². The van der Waals surface area contributed by atoms with Gasteiger partial charge in [-0.25, -0.2) is 0 Å². The Kier molecular flexibility index (Phi) is 2.48. The Morgan fingerprint density at radius 1 is 1.64 bits per heavy atom. The molecule has 1 aliphatic carbocycles. The van der Waals surface area contributed by atoms with Crippen LogP contribution in [0.25, 0.3) is 0 Å². The van der Waals surface area contributed by atoms with E-state index in [1.807, 2.05) is 25.1 Å². The molecule has 2 atom stereocenters. The van der Waals surface area contributed by atoms with Crippen molar-refractivity contribution in [3.8, 4) is 0 Å². The van der Waals surface area contributed by atoms with Gasteiger partial charge in [0.25, 0.3) is 0 Å². The van der Waals surface area contributed by atoms with Gasteiger partial charge in [-0.05, 0) is 25.5 Å². The van der Waals surface area contributed by atoms with E-state index in [4.69, 9.17) is 4.74 Å². The van der Waals surface area contributed by atoms with E-state index in [-0.39, 0.29) is 17.8 Å². The Morgan fingerprint density at radius 2 is 2.50 bits per heavy atom. The number of hydrogen-bond donors (Lipinski definition) is 0. The first-order valence-corrected chi connectivity index (χ1v) is 4.90. The molecule has 0 saturated heterocycles. The van der Waals surface area contributed by atoms with Gasteiger partial charge in [0, 0.05) is 17.8 Å². The van der Waals surface area contributed by atoms with E-state index in [2.05, 4.69) is 4.98 Å². The molecule has 74 valence electrons. The van der Waals surface area contributed by atoms with Crippen molar-refractivity contribution in [1.82, 2.24) is 4.98 Å². The van der Waals surface area contributed by atoms with Crippen molar-refractivity contribution < 1.29 is 9.53 Å². The van der Waals surface area contributed by atoms with Gasteiger partial charge in [0.2, 0.25) is 0 Å². The zero-order chi connectivity index (χ0) is 9.97. The Labute approximate surface area is 83.1 Å². The summed E-state index contributed by atoms with van der Waals surface area (Å²) in [4.78, 5) is 15.6. The highest BCUT2D eigenvalue weighted by Crippen LogP contribution is 2.47. The average Bonchev–Trinajstić information content (AvgIpc) is 2.99. The van der Waals surface area contributed by atoms with Crippen LogP contribution in [0.4, 0.5) is 0 Å². The number of pyridine rings is 1. The topological polar surface area (TPSA) is 39.2 Å². The molecule has 3 heteroatoms. The third-order valence-electron chi connectivity index (χ3n) is 2.45. The first-order chi connectivity index (χ1) is 6.83. The van der Waals surface area contributed by atoms with Crippen LogP contribution in [0, 0.1) is 5.92 Å². The van der Waals surface area contributed by atoms with Gasteiger partial charge in [-0.15, -0.1) is 0 Å². The smallest absolute Gasteiger partial charge is 0.309 e. The van der Waals surface area contributed by atoms with Crippen LogP contribution >= 0.6 is 0 Å². The van der Waals surface area contributed by atoms with Gasteiger partial charge in [0.15, 0.2) is 0 Å². The van der Waals surface area contributed by atoms with Crippen LogP contribution in [0.1, 0.15) is 25.0 Å². The molecule has 0 radical (unpaired) electrons. The summed E-state index contributed by atoms with van der Waals surface area (Å²) in [6.45, 7) is 2.29. The predicted octanol–water partition coefficient (Wildman–Crippen LogP) is 1.75. The monoisotopic (exact) mass is 191 g/mol. The molecule has 1 aromatic rings. The lowest BCUT2D eigenvalue weighted by atomic mass is 10.2. The molecular weight excluding hydrogens is 178 g/mol. The highest BCUT2D eigenvalue weighted by atomic mass is 16.5. The van der Waals surface area contributed by atoms with Crippen LogP contribution in [0.15, 0.2) is 24.4 Å². The number of carbonyl (C=O) groups is 1. The largest absolute Gasteiger partial charge is 0.466 e. The van der Waals surface area contributed by atoms with Gasteiger partial charge >= 0.3 is 5.97 Å². The van der Waals surface area contributed by atoms with Crippen molar-refractivity contribution in [2.24, 2.45) is 5.92 Å². The van der Waals surface area contributed by atoms with Crippen LogP contribution in [-0.4, -0.2) is 17.6 Å². The Hall–Kier alpha value is -1.38. The van der Waals surface area contributed by atoms with Gasteiger partial charge < -0.3 is 4.74 Å². The molecule has 0 spiro atoms. The molecule has 0 aliphatic heterocycles. The van der Waals surface area contributed by atoms with E-state index in [1.165, 1.54) is 0 Å². The molecule has 14 heavy (non-hydrogen) atoms. The minimum Gasteiger partial charge on any atom is -0.466 e. The molecule has 1 fully saturated rings. The fraction of sp³-hybridized carbons (Fsp3) is 0.455. The number of ether oxygens (including phenoxy) is 1. The second-order valence-corrected chi connectivity index (χ2v) is 3.46. The SMILES string of the molecule is CCOC(=O)C1CC1c1ccccn1. The fourth-order valence-corrected chi connectivity index (χ4v) is 1.63. The fourth-order valence-electron chi connectivity index (χ4n) is 1.63. The third-order valence-corrected chi connectivity index (χ3v) is 2.45. The molecule has 0 bridgehead atoms. The maximum absolute atomic E-state index is 11.3. The van der Waals surface area contributed by atoms with E-state index in [9.17, 15) is 4.79 Å². The molecule has 2 unspecified atom stereocenters. The highest BCUT2D eigenvalue weighted by molar-refractivity contribution is 5.77. The summed E-state index contributed by atoms with van der Waals surface area (Å²) < 4.78 is 4.95. The van der Waals surface area contributed by atoms with E-state index in [1.54, 1.807) is 6.20 Å². The minimum atomic E-state index is -0.0804. The van der Waals surface area contributed by atoms with E-state index < -0.39 is 0 Å². The average molecular weight is 191 g/mol. The molecule has 1 saturated carbocycles. The summed E-state index contributed by atoms with van der Waals surface area (Å²) in [5.74, 6) is 0.253. The summed E-state index contributed by atoms with van der Waals surface area (Å²) in [6.07, 6.45) is 2.64. The lowest BCUT2D eigenvalue weighted by Gasteiger charge is -2.00. The Bertz CT molecular complexity index is 323. The zero-order valence-corrected chi connectivity index (χ0v) is 8.14. The normalized spacial score (nSPS) is 24.4. The lowest BCUT2D eigenvalue weighted by molar-refractivity contribution is -0.144. The van der Waals surface area contributed by atoms with Crippen molar-refractivity contribution in [1.29, 1.82) is 0 Å². The third kappa shape index (κ3) is 1.76.